The van der Waals surface area contributed by atoms with Gasteiger partial charge in [0.1, 0.15) is 12.4 Å². The second kappa shape index (κ2) is 5.70. The van der Waals surface area contributed by atoms with Crippen molar-refractivity contribution in [3.05, 3.63) is 57.0 Å². The average molecular weight is 303 g/mol. The standard InChI is InChI=1S/C13H10Cl3NO/c14-11-4-3-10(6-13(11)16)18-7-8-1-2-9(17)5-12(8)15/h1-6H,7,17H2. The van der Waals surface area contributed by atoms with Gasteiger partial charge in [0.05, 0.1) is 10.0 Å². The number of anilines is 1. The van der Waals surface area contributed by atoms with Crippen LogP contribution in [0.1, 0.15) is 5.56 Å². The van der Waals surface area contributed by atoms with E-state index in [-0.39, 0.29) is 0 Å². The van der Waals surface area contributed by atoms with Gasteiger partial charge in [0.25, 0.3) is 0 Å². The van der Waals surface area contributed by atoms with Crippen molar-refractivity contribution in [1.29, 1.82) is 0 Å². The first-order valence-electron chi connectivity index (χ1n) is 5.18. The number of halogens is 3. The van der Waals surface area contributed by atoms with Crippen LogP contribution >= 0.6 is 34.8 Å². The van der Waals surface area contributed by atoms with Gasteiger partial charge in [-0.15, -0.1) is 0 Å². The zero-order valence-corrected chi connectivity index (χ0v) is 11.6. The number of hydrogen-bond acceptors (Lipinski definition) is 2. The fourth-order valence-corrected chi connectivity index (χ4v) is 1.94. The average Bonchev–Trinajstić information content (AvgIpc) is 2.32. The molecule has 0 saturated carbocycles. The van der Waals surface area contributed by atoms with E-state index in [4.69, 9.17) is 45.3 Å². The molecule has 0 aliphatic carbocycles. The Labute approximate surface area is 120 Å². The molecule has 2 N–H and O–H groups in total. The lowest BCUT2D eigenvalue weighted by atomic mass is 10.2. The number of rotatable bonds is 3. The van der Waals surface area contributed by atoms with E-state index < -0.39 is 0 Å². The van der Waals surface area contributed by atoms with Crippen molar-refractivity contribution in [2.24, 2.45) is 0 Å². The summed E-state index contributed by atoms with van der Waals surface area (Å²) in [5, 5.41) is 1.53. The number of ether oxygens (including phenoxy) is 1. The first-order chi connectivity index (χ1) is 8.56. The number of nitrogen functional groups attached to an aromatic ring is 1. The molecule has 18 heavy (non-hydrogen) atoms. The lowest BCUT2D eigenvalue weighted by Gasteiger charge is -2.09. The third-order valence-electron chi connectivity index (χ3n) is 2.36. The maximum atomic E-state index is 6.05. The highest BCUT2D eigenvalue weighted by Crippen LogP contribution is 2.27. The quantitative estimate of drug-likeness (QED) is 0.826. The number of hydrogen-bond donors (Lipinski definition) is 1. The van der Waals surface area contributed by atoms with E-state index in [0.717, 1.165) is 5.56 Å². The van der Waals surface area contributed by atoms with Gasteiger partial charge >= 0.3 is 0 Å². The minimum absolute atomic E-state index is 0.344. The van der Waals surface area contributed by atoms with Crippen molar-refractivity contribution >= 4 is 40.5 Å². The van der Waals surface area contributed by atoms with Gasteiger partial charge in [-0.25, -0.2) is 0 Å². The molecule has 0 unspecified atom stereocenters. The summed E-state index contributed by atoms with van der Waals surface area (Å²) in [6.45, 7) is 0.344. The smallest absolute Gasteiger partial charge is 0.121 e. The van der Waals surface area contributed by atoms with Gasteiger partial charge < -0.3 is 10.5 Å². The summed E-state index contributed by atoms with van der Waals surface area (Å²) in [6.07, 6.45) is 0. The van der Waals surface area contributed by atoms with E-state index in [1.807, 2.05) is 6.07 Å². The van der Waals surface area contributed by atoms with Crippen molar-refractivity contribution < 1.29 is 4.74 Å². The van der Waals surface area contributed by atoms with Crippen LogP contribution in [0.15, 0.2) is 36.4 Å². The molecule has 2 rings (SSSR count). The van der Waals surface area contributed by atoms with Gasteiger partial charge in [-0.3, -0.25) is 0 Å². The van der Waals surface area contributed by atoms with E-state index in [9.17, 15) is 0 Å². The fraction of sp³-hybridized carbons (Fsp3) is 0.0769. The molecule has 0 atom stereocenters. The molecule has 0 aliphatic heterocycles. The Morgan fingerprint density at radius 2 is 1.67 bits per heavy atom. The summed E-state index contributed by atoms with van der Waals surface area (Å²) < 4.78 is 5.58. The molecule has 0 aliphatic rings. The topological polar surface area (TPSA) is 35.2 Å². The van der Waals surface area contributed by atoms with Crippen molar-refractivity contribution in [2.45, 2.75) is 6.61 Å². The SMILES string of the molecule is Nc1ccc(COc2ccc(Cl)c(Cl)c2)c(Cl)c1. The highest BCUT2D eigenvalue weighted by molar-refractivity contribution is 6.42. The van der Waals surface area contributed by atoms with Crippen LogP contribution in [0, 0.1) is 0 Å². The molecule has 5 heteroatoms. The van der Waals surface area contributed by atoms with Crippen LogP contribution in [0.4, 0.5) is 5.69 Å². The van der Waals surface area contributed by atoms with E-state index in [1.54, 1.807) is 30.3 Å². The van der Waals surface area contributed by atoms with Gasteiger partial charge in [0.15, 0.2) is 0 Å². The summed E-state index contributed by atoms with van der Waals surface area (Å²) >= 11 is 17.8. The third-order valence-corrected chi connectivity index (χ3v) is 3.45. The maximum absolute atomic E-state index is 6.05. The van der Waals surface area contributed by atoms with E-state index >= 15 is 0 Å². The lowest BCUT2D eigenvalue weighted by Crippen LogP contribution is -1.97. The van der Waals surface area contributed by atoms with Crippen LogP contribution < -0.4 is 10.5 Å². The molecule has 0 aromatic heterocycles. The van der Waals surface area contributed by atoms with Crippen molar-refractivity contribution in [3.8, 4) is 5.75 Å². The summed E-state index contributed by atoms with van der Waals surface area (Å²) in [6, 6.07) is 10.4. The predicted octanol–water partition coefficient (Wildman–Crippen LogP) is 4.81. The molecule has 0 radical (unpaired) electrons. The van der Waals surface area contributed by atoms with Crippen LogP contribution in [-0.2, 0) is 6.61 Å². The third kappa shape index (κ3) is 3.22. The zero-order chi connectivity index (χ0) is 13.1. The minimum Gasteiger partial charge on any atom is -0.489 e. The van der Waals surface area contributed by atoms with Crippen LogP contribution in [0.25, 0.3) is 0 Å². The van der Waals surface area contributed by atoms with Crippen LogP contribution in [-0.4, -0.2) is 0 Å². The first-order valence-corrected chi connectivity index (χ1v) is 6.31. The number of nitrogens with two attached hydrogens (primary N) is 1. The highest BCUT2D eigenvalue weighted by atomic mass is 35.5. The van der Waals surface area contributed by atoms with Gasteiger partial charge in [0, 0.05) is 22.3 Å². The monoisotopic (exact) mass is 301 g/mol. The molecule has 0 bridgehead atoms. The van der Waals surface area contributed by atoms with Crippen LogP contribution in [0.5, 0.6) is 5.75 Å². The van der Waals surface area contributed by atoms with Gasteiger partial charge in [-0.2, -0.15) is 0 Å². The summed E-state index contributed by atoms with van der Waals surface area (Å²) in [4.78, 5) is 0. The van der Waals surface area contributed by atoms with Gasteiger partial charge in [-0.1, -0.05) is 40.9 Å². The van der Waals surface area contributed by atoms with E-state index in [1.165, 1.54) is 0 Å². The lowest BCUT2D eigenvalue weighted by molar-refractivity contribution is 0.306. The fourth-order valence-electron chi connectivity index (χ4n) is 1.41. The van der Waals surface area contributed by atoms with Crippen LogP contribution in [0.3, 0.4) is 0 Å². The second-order valence-corrected chi connectivity index (χ2v) is 4.94. The molecule has 94 valence electrons. The first kappa shape index (κ1) is 13.3. The molecule has 2 aromatic rings. The molecule has 0 fully saturated rings. The molecule has 2 aromatic carbocycles. The Morgan fingerprint density at radius 1 is 0.889 bits per heavy atom. The van der Waals surface area contributed by atoms with Crippen molar-refractivity contribution in [1.82, 2.24) is 0 Å². The van der Waals surface area contributed by atoms with Crippen molar-refractivity contribution in [2.75, 3.05) is 5.73 Å². The molecule has 0 amide bonds. The molecule has 0 saturated heterocycles. The van der Waals surface area contributed by atoms with E-state index in [0.29, 0.717) is 33.1 Å². The Hall–Kier alpha value is -1.09. The normalized spacial score (nSPS) is 10.4. The zero-order valence-electron chi connectivity index (χ0n) is 9.29. The largest absolute Gasteiger partial charge is 0.489 e. The maximum Gasteiger partial charge on any atom is 0.121 e. The highest BCUT2D eigenvalue weighted by Gasteiger charge is 2.04. The second-order valence-electron chi connectivity index (χ2n) is 3.72. The molecular weight excluding hydrogens is 293 g/mol. The van der Waals surface area contributed by atoms with Gasteiger partial charge in [-0.05, 0) is 24.3 Å². The van der Waals surface area contributed by atoms with E-state index in [2.05, 4.69) is 0 Å². The molecule has 0 spiro atoms. The Morgan fingerprint density at radius 3 is 2.33 bits per heavy atom. The summed E-state index contributed by atoms with van der Waals surface area (Å²) in [7, 11) is 0. The Balaban J connectivity index is 2.09. The van der Waals surface area contributed by atoms with Crippen LogP contribution in [0.2, 0.25) is 15.1 Å². The number of benzene rings is 2. The summed E-state index contributed by atoms with van der Waals surface area (Å²) in [5.74, 6) is 0.636. The molecule has 0 heterocycles. The predicted molar refractivity (Wildman–Crippen MR) is 76.7 cm³/mol. The minimum atomic E-state index is 0.344. The molecule has 2 nitrogen and oxygen atoms in total. The van der Waals surface area contributed by atoms with Gasteiger partial charge in [0.2, 0.25) is 0 Å². The van der Waals surface area contributed by atoms with Crippen molar-refractivity contribution in [3.63, 3.8) is 0 Å². The molecular formula is C13H10Cl3NO. The Bertz CT molecular complexity index is 572. The Kier molecular flexibility index (Phi) is 4.23. The summed E-state index contributed by atoms with van der Waals surface area (Å²) in [5.41, 5.74) is 7.10.